The SMILES string of the molecule is CCC(CC)OCCCC(C)=O. The molecule has 0 amide bonds. The van der Waals surface area contributed by atoms with E-state index in [-0.39, 0.29) is 5.78 Å². The number of hydrogen-bond donors (Lipinski definition) is 0. The fourth-order valence-electron chi connectivity index (χ4n) is 1.10. The minimum Gasteiger partial charge on any atom is -0.378 e. The molecule has 72 valence electrons. The molecule has 0 radical (unpaired) electrons. The minimum absolute atomic E-state index is 0.253. The van der Waals surface area contributed by atoms with Crippen molar-refractivity contribution in [2.45, 2.75) is 52.6 Å². The first-order valence-electron chi connectivity index (χ1n) is 4.81. The second-order valence-corrected chi connectivity index (χ2v) is 3.11. The Hall–Kier alpha value is -0.370. The first-order chi connectivity index (χ1) is 5.70. The van der Waals surface area contributed by atoms with Gasteiger partial charge in [0.15, 0.2) is 0 Å². The van der Waals surface area contributed by atoms with E-state index in [0.717, 1.165) is 25.9 Å². The minimum atomic E-state index is 0.253. The molecule has 0 aliphatic heterocycles. The summed E-state index contributed by atoms with van der Waals surface area (Å²) in [5, 5.41) is 0. The maximum Gasteiger partial charge on any atom is 0.129 e. The predicted molar refractivity (Wildman–Crippen MR) is 50.2 cm³/mol. The number of hydrogen-bond acceptors (Lipinski definition) is 2. The molecule has 0 heterocycles. The van der Waals surface area contributed by atoms with Crippen LogP contribution in [0, 0.1) is 0 Å². The van der Waals surface area contributed by atoms with Crippen LogP contribution in [0.4, 0.5) is 0 Å². The van der Waals surface area contributed by atoms with Crippen LogP contribution in [-0.2, 0) is 9.53 Å². The summed E-state index contributed by atoms with van der Waals surface area (Å²) in [7, 11) is 0. The molecule has 0 atom stereocenters. The zero-order valence-corrected chi connectivity index (χ0v) is 8.43. The van der Waals surface area contributed by atoms with E-state index in [9.17, 15) is 4.79 Å². The lowest BCUT2D eigenvalue weighted by atomic mass is 10.2. The summed E-state index contributed by atoms with van der Waals surface area (Å²) in [5.74, 6) is 0.253. The molecule has 0 spiro atoms. The van der Waals surface area contributed by atoms with Gasteiger partial charge in [-0.15, -0.1) is 0 Å². The number of ether oxygens (including phenoxy) is 1. The van der Waals surface area contributed by atoms with Crippen LogP contribution >= 0.6 is 0 Å². The number of ketones is 1. The van der Waals surface area contributed by atoms with E-state index in [0.29, 0.717) is 12.5 Å². The molecule has 12 heavy (non-hydrogen) atoms. The summed E-state index contributed by atoms with van der Waals surface area (Å²) in [4.78, 5) is 10.6. The third-order valence-corrected chi connectivity index (χ3v) is 1.94. The van der Waals surface area contributed by atoms with E-state index in [4.69, 9.17) is 4.74 Å². The highest BCUT2D eigenvalue weighted by Crippen LogP contribution is 2.03. The van der Waals surface area contributed by atoms with Gasteiger partial charge < -0.3 is 9.53 Å². The molecule has 0 saturated heterocycles. The Bertz CT molecular complexity index is 117. The fourth-order valence-corrected chi connectivity index (χ4v) is 1.10. The Labute approximate surface area is 75.3 Å². The molecule has 0 fully saturated rings. The summed E-state index contributed by atoms with van der Waals surface area (Å²) < 4.78 is 5.54. The van der Waals surface area contributed by atoms with Crippen LogP contribution in [0.25, 0.3) is 0 Å². The maximum atomic E-state index is 10.6. The van der Waals surface area contributed by atoms with Gasteiger partial charge in [-0.3, -0.25) is 0 Å². The number of Topliss-reactive ketones (excluding diaryl/α,β-unsaturated/α-hetero) is 1. The van der Waals surface area contributed by atoms with Crippen molar-refractivity contribution in [3.63, 3.8) is 0 Å². The molecular weight excluding hydrogens is 152 g/mol. The lowest BCUT2D eigenvalue weighted by Crippen LogP contribution is -2.11. The second-order valence-electron chi connectivity index (χ2n) is 3.11. The first-order valence-corrected chi connectivity index (χ1v) is 4.81. The van der Waals surface area contributed by atoms with Crippen molar-refractivity contribution in [2.24, 2.45) is 0 Å². The molecule has 0 aliphatic rings. The van der Waals surface area contributed by atoms with E-state index in [2.05, 4.69) is 13.8 Å². The van der Waals surface area contributed by atoms with E-state index >= 15 is 0 Å². The van der Waals surface area contributed by atoms with Crippen LogP contribution in [-0.4, -0.2) is 18.5 Å². The molecule has 0 unspecified atom stereocenters. The van der Waals surface area contributed by atoms with Crippen LogP contribution in [0.15, 0.2) is 0 Å². The van der Waals surface area contributed by atoms with Crippen molar-refractivity contribution in [2.75, 3.05) is 6.61 Å². The third kappa shape index (κ3) is 6.35. The van der Waals surface area contributed by atoms with Gasteiger partial charge >= 0.3 is 0 Å². The molecule has 2 heteroatoms. The average molecular weight is 172 g/mol. The van der Waals surface area contributed by atoms with Gasteiger partial charge in [-0.2, -0.15) is 0 Å². The number of carbonyl (C=O) groups excluding carboxylic acids is 1. The van der Waals surface area contributed by atoms with Crippen LogP contribution in [0.2, 0.25) is 0 Å². The van der Waals surface area contributed by atoms with Gasteiger partial charge in [0, 0.05) is 13.0 Å². The van der Waals surface area contributed by atoms with Gasteiger partial charge in [0.05, 0.1) is 6.10 Å². The quantitative estimate of drug-likeness (QED) is 0.552. The molecule has 0 N–H and O–H groups in total. The Morgan fingerprint density at radius 2 is 1.92 bits per heavy atom. The highest BCUT2D eigenvalue weighted by molar-refractivity contribution is 5.75. The molecule has 0 aromatic rings. The third-order valence-electron chi connectivity index (χ3n) is 1.94. The van der Waals surface area contributed by atoms with E-state index in [1.807, 2.05) is 0 Å². The van der Waals surface area contributed by atoms with Gasteiger partial charge in [0.25, 0.3) is 0 Å². The summed E-state index contributed by atoms with van der Waals surface area (Å²) in [6.45, 7) is 6.60. The van der Waals surface area contributed by atoms with E-state index < -0.39 is 0 Å². The molecule has 0 aromatic heterocycles. The Morgan fingerprint density at radius 3 is 2.33 bits per heavy atom. The van der Waals surface area contributed by atoms with Gasteiger partial charge in [-0.1, -0.05) is 13.8 Å². The molecule has 0 saturated carbocycles. The van der Waals surface area contributed by atoms with Crippen molar-refractivity contribution < 1.29 is 9.53 Å². The van der Waals surface area contributed by atoms with Crippen molar-refractivity contribution in [3.05, 3.63) is 0 Å². The number of carbonyl (C=O) groups is 1. The van der Waals surface area contributed by atoms with Crippen molar-refractivity contribution >= 4 is 5.78 Å². The van der Waals surface area contributed by atoms with E-state index in [1.165, 1.54) is 0 Å². The molecule has 0 aromatic carbocycles. The average Bonchev–Trinajstić information content (AvgIpc) is 2.04. The van der Waals surface area contributed by atoms with Gasteiger partial charge in [0.1, 0.15) is 5.78 Å². The van der Waals surface area contributed by atoms with Gasteiger partial charge in [-0.25, -0.2) is 0 Å². The molecule has 0 aliphatic carbocycles. The fraction of sp³-hybridized carbons (Fsp3) is 0.900. The van der Waals surface area contributed by atoms with Crippen LogP contribution < -0.4 is 0 Å². The summed E-state index contributed by atoms with van der Waals surface area (Å²) in [5.41, 5.74) is 0. The lowest BCUT2D eigenvalue weighted by molar-refractivity contribution is -0.117. The lowest BCUT2D eigenvalue weighted by Gasteiger charge is -2.12. The predicted octanol–water partition coefficient (Wildman–Crippen LogP) is 2.56. The zero-order valence-electron chi connectivity index (χ0n) is 8.43. The summed E-state index contributed by atoms with van der Waals surface area (Å²) in [6.07, 6.45) is 4.04. The Balaban J connectivity index is 3.23. The van der Waals surface area contributed by atoms with Crippen molar-refractivity contribution in [3.8, 4) is 0 Å². The summed E-state index contributed by atoms with van der Waals surface area (Å²) in [6, 6.07) is 0. The van der Waals surface area contributed by atoms with Crippen LogP contribution in [0.3, 0.4) is 0 Å². The summed E-state index contributed by atoms with van der Waals surface area (Å²) >= 11 is 0. The normalized spacial score (nSPS) is 10.7. The second kappa shape index (κ2) is 7.29. The van der Waals surface area contributed by atoms with Gasteiger partial charge in [-0.05, 0) is 26.2 Å². The van der Waals surface area contributed by atoms with Crippen LogP contribution in [0.5, 0.6) is 0 Å². The van der Waals surface area contributed by atoms with Crippen molar-refractivity contribution in [1.82, 2.24) is 0 Å². The van der Waals surface area contributed by atoms with E-state index in [1.54, 1.807) is 6.92 Å². The highest BCUT2D eigenvalue weighted by atomic mass is 16.5. The molecule has 0 bridgehead atoms. The number of rotatable bonds is 7. The molecule has 2 nitrogen and oxygen atoms in total. The largest absolute Gasteiger partial charge is 0.378 e. The van der Waals surface area contributed by atoms with Gasteiger partial charge in [0.2, 0.25) is 0 Å². The highest BCUT2D eigenvalue weighted by Gasteiger charge is 2.02. The monoisotopic (exact) mass is 172 g/mol. The maximum absolute atomic E-state index is 10.6. The Kier molecular flexibility index (Phi) is 7.06. The molecule has 0 rings (SSSR count). The molecular formula is C10H20O2. The van der Waals surface area contributed by atoms with Crippen LogP contribution in [0.1, 0.15) is 46.5 Å². The topological polar surface area (TPSA) is 26.3 Å². The van der Waals surface area contributed by atoms with Crippen molar-refractivity contribution in [1.29, 1.82) is 0 Å². The Morgan fingerprint density at radius 1 is 1.33 bits per heavy atom. The zero-order chi connectivity index (χ0) is 9.40. The standard InChI is InChI=1S/C10H20O2/c1-4-10(5-2)12-8-6-7-9(3)11/h10H,4-8H2,1-3H3. The smallest absolute Gasteiger partial charge is 0.129 e. The first kappa shape index (κ1) is 11.6.